The van der Waals surface area contributed by atoms with Crippen LogP contribution in [-0.4, -0.2) is 15.9 Å². The number of rotatable bonds is 5. The SMILES string of the molecule is O=C(Nc1ncccn1)c1ccc(COc2ccc(F)cc2F)o1. The third kappa shape index (κ3) is 3.72. The maximum Gasteiger partial charge on any atom is 0.293 e. The quantitative estimate of drug-likeness (QED) is 0.777. The summed E-state index contributed by atoms with van der Waals surface area (Å²) in [5, 5.41) is 2.46. The number of aromatic nitrogens is 2. The number of ether oxygens (including phenoxy) is 1. The van der Waals surface area contributed by atoms with Gasteiger partial charge in [-0.05, 0) is 30.3 Å². The van der Waals surface area contributed by atoms with Gasteiger partial charge < -0.3 is 9.15 Å². The predicted octanol–water partition coefficient (Wildman–Crippen LogP) is 3.18. The summed E-state index contributed by atoms with van der Waals surface area (Å²) >= 11 is 0. The van der Waals surface area contributed by atoms with Crippen molar-refractivity contribution in [3.8, 4) is 5.75 Å². The minimum absolute atomic E-state index is 0.0284. The second-order valence-corrected chi connectivity index (χ2v) is 4.66. The van der Waals surface area contributed by atoms with Crippen molar-refractivity contribution in [2.45, 2.75) is 6.61 Å². The van der Waals surface area contributed by atoms with Crippen molar-refractivity contribution in [1.82, 2.24) is 9.97 Å². The monoisotopic (exact) mass is 331 g/mol. The first-order valence-corrected chi connectivity index (χ1v) is 6.87. The van der Waals surface area contributed by atoms with Gasteiger partial charge in [-0.25, -0.2) is 18.7 Å². The molecule has 24 heavy (non-hydrogen) atoms. The number of amides is 1. The molecule has 0 bridgehead atoms. The molecular formula is C16H11F2N3O3. The van der Waals surface area contributed by atoms with Gasteiger partial charge in [-0.1, -0.05) is 0 Å². The van der Waals surface area contributed by atoms with Crippen molar-refractivity contribution in [2.24, 2.45) is 0 Å². The number of halogens is 2. The number of anilines is 1. The van der Waals surface area contributed by atoms with Gasteiger partial charge in [0.1, 0.15) is 18.2 Å². The van der Waals surface area contributed by atoms with Crippen molar-refractivity contribution in [2.75, 3.05) is 5.32 Å². The Balaban J connectivity index is 1.62. The summed E-state index contributed by atoms with van der Waals surface area (Å²) in [4.78, 5) is 19.7. The molecule has 122 valence electrons. The minimum atomic E-state index is -0.819. The van der Waals surface area contributed by atoms with Crippen LogP contribution in [0.5, 0.6) is 5.75 Å². The second kappa shape index (κ2) is 6.86. The van der Waals surface area contributed by atoms with Crippen molar-refractivity contribution in [3.63, 3.8) is 0 Å². The fraction of sp³-hybridized carbons (Fsp3) is 0.0625. The fourth-order valence-corrected chi connectivity index (χ4v) is 1.85. The molecular weight excluding hydrogens is 320 g/mol. The highest BCUT2D eigenvalue weighted by Crippen LogP contribution is 2.19. The summed E-state index contributed by atoms with van der Waals surface area (Å²) in [6.07, 6.45) is 2.97. The summed E-state index contributed by atoms with van der Waals surface area (Å²) in [5.74, 6) is -1.68. The molecule has 2 aromatic heterocycles. The molecule has 8 heteroatoms. The second-order valence-electron chi connectivity index (χ2n) is 4.66. The van der Waals surface area contributed by atoms with Gasteiger partial charge in [0.15, 0.2) is 17.3 Å². The molecule has 0 aliphatic heterocycles. The molecule has 3 aromatic rings. The number of hydrogen-bond donors (Lipinski definition) is 1. The first-order valence-electron chi connectivity index (χ1n) is 6.87. The number of nitrogens with one attached hydrogen (secondary N) is 1. The highest BCUT2D eigenvalue weighted by molar-refractivity contribution is 6.01. The van der Waals surface area contributed by atoms with E-state index in [1.54, 1.807) is 6.07 Å². The molecule has 1 N–H and O–H groups in total. The average Bonchev–Trinajstić information content (AvgIpc) is 3.04. The van der Waals surface area contributed by atoms with Crippen LogP contribution in [0.4, 0.5) is 14.7 Å². The third-order valence-corrected chi connectivity index (χ3v) is 2.94. The smallest absolute Gasteiger partial charge is 0.293 e. The first kappa shape index (κ1) is 15.6. The number of carbonyl (C=O) groups is 1. The van der Waals surface area contributed by atoms with Gasteiger partial charge in [0.05, 0.1) is 0 Å². The maximum atomic E-state index is 13.5. The van der Waals surface area contributed by atoms with Gasteiger partial charge in [0, 0.05) is 18.5 Å². The van der Waals surface area contributed by atoms with E-state index in [0.29, 0.717) is 5.76 Å². The van der Waals surface area contributed by atoms with Crippen LogP contribution in [0.3, 0.4) is 0 Å². The summed E-state index contributed by atoms with van der Waals surface area (Å²) in [5.41, 5.74) is 0. The van der Waals surface area contributed by atoms with E-state index >= 15 is 0 Å². The van der Waals surface area contributed by atoms with Crippen LogP contribution >= 0.6 is 0 Å². The Hall–Kier alpha value is -3.29. The summed E-state index contributed by atoms with van der Waals surface area (Å²) in [6.45, 7) is -0.113. The van der Waals surface area contributed by atoms with E-state index in [1.165, 1.54) is 30.6 Å². The largest absolute Gasteiger partial charge is 0.483 e. The van der Waals surface area contributed by atoms with Crippen LogP contribution < -0.4 is 10.1 Å². The van der Waals surface area contributed by atoms with Gasteiger partial charge in [-0.15, -0.1) is 0 Å². The van der Waals surface area contributed by atoms with E-state index < -0.39 is 17.5 Å². The first-order chi connectivity index (χ1) is 11.6. The molecule has 0 radical (unpaired) electrons. The zero-order valence-electron chi connectivity index (χ0n) is 12.2. The molecule has 3 rings (SSSR count). The minimum Gasteiger partial charge on any atom is -0.483 e. The molecule has 0 spiro atoms. The third-order valence-electron chi connectivity index (χ3n) is 2.94. The molecule has 1 amide bonds. The van der Waals surface area contributed by atoms with E-state index in [9.17, 15) is 13.6 Å². The van der Waals surface area contributed by atoms with Gasteiger partial charge in [0.2, 0.25) is 5.95 Å². The predicted molar refractivity (Wildman–Crippen MR) is 79.4 cm³/mol. The highest BCUT2D eigenvalue weighted by atomic mass is 19.1. The number of carbonyl (C=O) groups excluding carboxylic acids is 1. The van der Waals surface area contributed by atoms with Crippen molar-refractivity contribution in [3.05, 3.63) is 71.9 Å². The Morgan fingerprint density at radius 1 is 1.17 bits per heavy atom. The van der Waals surface area contributed by atoms with E-state index in [2.05, 4.69) is 15.3 Å². The van der Waals surface area contributed by atoms with Crippen LogP contribution in [0.15, 0.2) is 53.2 Å². The van der Waals surface area contributed by atoms with E-state index in [0.717, 1.165) is 12.1 Å². The Morgan fingerprint density at radius 2 is 1.96 bits per heavy atom. The Morgan fingerprint density at radius 3 is 2.71 bits per heavy atom. The normalized spacial score (nSPS) is 10.4. The van der Waals surface area contributed by atoms with Gasteiger partial charge in [-0.3, -0.25) is 10.1 Å². The maximum absolute atomic E-state index is 13.5. The van der Waals surface area contributed by atoms with Crippen LogP contribution in [0.1, 0.15) is 16.3 Å². The van der Waals surface area contributed by atoms with Gasteiger partial charge in [0.25, 0.3) is 5.91 Å². The van der Waals surface area contributed by atoms with Crippen molar-refractivity contribution in [1.29, 1.82) is 0 Å². The molecule has 0 aliphatic rings. The number of furan rings is 1. The molecule has 0 fully saturated rings. The number of hydrogen-bond acceptors (Lipinski definition) is 5. The van der Waals surface area contributed by atoms with Crippen LogP contribution in [0.25, 0.3) is 0 Å². The van der Waals surface area contributed by atoms with Crippen LogP contribution in [0, 0.1) is 11.6 Å². The summed E-state index contributed by atoms with van der Waals surface area (Å²) in [7, 11) is 0. The van der Waals surface area contributed by atoms with Crippen molar-refractivity contribution >= 4 is 11.9 Å². The molecule has 0 unspecified atom stereocenters. The lowest BCUT2D eigenvalue weighted by Crippen LogP contribution is -2.13. The van der Waals surface area contributed by atoms with E-state index in [-0.39, 0.29) is 24.1 Å². The van der Waals surface area contributed by atoms with Crippen molar-refractivity contribution < 1.29 is 22.7 Å². The lowest BCUT2D eigenvalue weighted by Gasteiger charge is -2.05. The van der Waals surface area contributed by atoms with E-state index in [1.807, 2.05) is 0 Å². The molecule has 6 nitrogen and oxygen atoms in total. The van der Waals surface area contributed by atoms with Gasteiger partial charge >= 0.3 is 0 Å². The lowest BCUT2D eigenvalue weighted by molar-refractivity contribution is 0.0991. The standard InChI is InChI=1S/C16H11F2N3O3/c17-10-2-4-13(12(18)8-10)23-9-11-3-5-14(24-11)15(22)21-16-19-6-1-7-20-16/h1-8H,9H2,(H,19,20,21,22). The number of benzene rings is 1. The molecule has 2 heterocycles. The molecule has 0 saturated carbocycles. The summed E-state index contributed by atoms with van der Waals surface area (Å²) < 4.78 is 36.8. The zero-order chi connectivity index (χ0) is 16.9. The lowest BCUT2D eigenvalue weighted by atomic mass is 10.3. The Bertz CT molecular complexity index is 853. The van der Waals surface area contributed by atoms with Crippen LogP contribution in [0.2, 0.25) is 0 Å². The molecule has 0 saturated heterocycles. The highest BCUT2D eigenvalue weighted by Gasteiger charge is 2.13. The number of nitrogens with zero attached hydrogens (tertiary/aromatic N) is 2. The Labute approximate surface area is 135 Å². The topological polar surface area (TPSA) is 77.2 Å². The van der Waals surface area contributed by atoms with E-state index in [4.69, 9.17) is 9.15 Å². The van der Waals surface area contributed by atoms with Gasteiger partial charge in [-0.2, -0.15) is 0 Å². The zero-order valence-corrected chi connectivity index (χ0v) is 12.2. The Kier molecular flexibility index (Phi) is 4.46. The average molecular weight is 331 g/mol. The fourth-order valence-electron chi connectivity index (χ4n) is 1.85. The molecule has 0 atom stereocenters. The molecule has 0 aliphatic carbocycles. The van der Waals surface area contributed by atoms with Crippen LogP contribution in [-0.2, 0) is 6.61 Å². The summed E-state index contributed by atoms with van der Waals surface area (Å²) in [6, 6.07) is 7.55. The molecule has 1 aromatic carbocycles.